The van der Waals surface area contributed by atoms with Gasteiger partial charge in [-0.15, -0.1) is 0 Å². The molecule has 1 fully saturated rings. The van der Waals surface area contributed by atoms with Gasteiger partial charge in [0.2, 0.25) is 0 Å². The number of furan rings is 1. The van der Waals surface area contributed by atoms with Crippen molar-refractivity contribution in [3.63, 3.8) is 0 Å². The third kappa shape index (κ3) is 3.35. The maximum atomic E-state index is 12.2. The van der Waals surface area contributed by atoms with Crippen molar-refractivity contribution < 1.29 is 14.0 Å². The minimum Gasteiger partial charge on any atom is -0.459 e. The molecule has 1 aromatic heterocycles. The average molecular weight is 299 g/mol. The van der Waals surface area contributed by atoms with E-state index in [-0.39, 0.29) is 23.6 Å². The highest BCUT2D eigenvalue weighted by Crippen LogP contribution is 2.13. The molecule has 0 saturated carbocycles. The zero-order valence-electron chi connectivity index (χ0n) is 12.0. The van der Waals surface area contributed by atoms with Crippen molar-refractivity contribution in [3.8, 4) is 0 Å². The van der Waals surface area contributed by atoms with Crippen molar-refractivity contribution in [3.05, 3.63) is 54.0 Å². The number of benzene rings is 1. The molecule has 22 heavy (non-hydrogen) atoms. The fourth-order valence-corrected chi connectivity index (χ4v) is 2.39. The summed E-state index contributed by atoms with van der Waals surface area (Å²) in [4.78, 5) is 24.1. The van der Waals surface area contributed by atoms with Crippen molar-refractivity contribution >= 4 is 17.5 Å². The van der Waals surface area contributed by atoms with Crippen LogP contribution in [0.15, 0.2) is 47.1 Å². The van der Waals surface area contributed by atoms with E-state index in [1.165, 1.54) is 6.26 Å². The molecule has 2 aromatic rings. The number of hydrogen-bond donors (Lipinski definition) is 3. The Morgan fingerprint density at radius 2 is 2.09 bits per heavy atom. The highest BCUT2D eigenvalue weighted by molar-refractivity contribution is 6.03. The van der Waals surface area contributed by atoms with Crippen LogP contribution in [0.3, 0.4) is 0 Å². The topological polar surface area (TPSA) is 83.4 Å². The summed E-state index contributed by atoms with van der Waals surface area (Å²) in [5.74, 6) is -0.253. The molecule has 6 heteroatoms. The molecule has 1 aliphatic rings. The molecular weight excluding hydrogens is 282 g/mol. The van der Waals surface area contributed by atoms with Gasteiger partial charge >= 0.3 is 0 Å². The van der Waals surface area contributed by atoms with Gasteiger partial charge in [-0.25, -0.2) is 0 Å². The highest BCUT2D eigenvalue weighted by Gasteiger charge is 2.18. The van der Waals surface area contributed by atoms with Gasteiger partial charge in [0.15, 0.2) is 5.76 Å². The van der Waals surface area contributed by atoms with Gasteiger partial charge in [0.25, 0.3) is 11.8 Å². The molecule has 1 aliphatic heterocycles. The van der Waals surface area contributed by atoms with Gasteiger partial charge in [-0.3, -0.25) is 9.59 Å². The molecule has 1 saturated heterocycles. The third-order valence-electron chi connectivity index (χ3n) is 3.52. The second-order valence-corrected chi connectivity index (χ2v) is 5.18. The van der Waals surface area contributed by atoms with Crippen LogP contribution in [0.4, 0.5) is 5.69 Å². The highest BCUT2D eigenvalue weighted by atomic mass is 16.3. The molecule has 2 amide bonds. The van der Waals surface area contributed by atoms with E-state index in [2.05, 4.69) is 16.0 Å². The Hall–Kier alpha value is -2.60. The van der Waals surface area contributed by atoms with Crippen molar-refractivity contribution in [1.29, 1.82) is 0 Å². The monoisotopic (exact) mass is 299 g/mol. The first-order valence-corrected chi connectivity index (χ1v) is 7.19. The first kappa shape index (κ1) is 14.3. The Bertz CT molecular complexity index is 661. The van der Waals surface area contributed by atoms with Gasteiger partial charge in [-0.1, -0.05) is 6.07 Å². The van der Waals surface area contributed by atoms with Crippen molar-refractivity contribution in [2.75, 3.05) is 18.4 Å². The minimum absolute atomic E-state index is 0.136. The molecule has 6 nitrogen and oxygen atoms in total. The Balaban J connectivity index is 1.66. The van der Waals surface area contributed by atoms with E-state index >= 15 is 0 Å². The van der Waals surface area contributed by atoms with Crippen molar-refractivity contribution in [2.24, 2.45) is 0 Å². The third-order valence-corrected chi connectivity index (χ3v) is 3.52. The Morgan fingerprint density at radius 3 is 2.82 bits per heavy atom. The fraction of sp³-hybridized carbons (Fsp3) is 0.250. The summed E-state index contributed by atoms with van der Waals surface area (Å²) in [6.45, 7) is 1.71. The van der Waals surface area contributed by atoms with Crippen LogP contribution in [0.5, 0.6) is 0 Å². The number of amides is 2. The lowest BCUT2D eigenvalue weighted by molar-refractivity contribution is 0.0938. The summed E-state index contributed by atoms with van der Waals surface area (Å²) in [7, 11) is 0. The predicted molar refractivity (Wildman–Crippen MR) is 81.8 cm³/mol. The lowest BCUT2D eigenvalue weighted by atomic mass is 10.1. The molecule has 1 atom stereocenters. The Labute approximate surface area is 127 Å². The summed E-state index contributed by atoms with van der Waals surface area (Å²) in [6, 6.07) is 10.2. The Kier molecular flexibility index (Phi) is 4.20. The normalized spacial score (nSPS) is 17.2. The van der Waals surface area contributed by atoms with E-state index in [0.29, 0.717) is 11.3 Å². The van der Waals surface area contributed by atoms with Gasteiger partial charge in [-0.05, 0) is 43.3 Å². The van der Waals surface area contributed by atoms with Crippen molar-refractivity contribution in [2.45, 2.75) is 12.5 Å². The van der Waals surface area contributed by atoms with Crippen LogP contribution in [-0.2, 0) is 0 Å². The van der Waals surface area contributed by atoms with Gasteiger partial charge in [0, 0.05) is 23.8 Å². The van der Waals surface area contributed by atoms with E-state index in [4.69, 9.17) is 4.42 Å². The molecule has 0 radical (unpaired) electrons. The molecule has 0 spiro atoms. The number of anilines is 1. The first-order valence-electron chi connectivity index (χ1n) is 7.19. The maximum Gasteiger partial charge on any atom is 0.291 e. The smallest absolute Gasteiger partial charge is 0.291 e. The van der Waals surface area contributed by atoms with Gasteiger partial charge < -0.3 is 20.4 Å². The lowest BCUT2D eigenvalue weighted by Crippen LogP contribution is -2.36. The summed E-state index contributed by atoms with van der Waals surface area (Å²) in [5.41, 5.74) is 1.07. The molecule has 3 N–H and O–H groups in total. The Morgan fingerprint density at radius 1 is 1.18 bits per heavy atom. The largest absolute Gasteiger partial charge is 0.459 e. The number of rotatable bonds is 4. The molecule has 1 aromatic carbocycles. The summed E-state index contributed by atoms with van der Waals surface area (Å²) in [6.07, 6.45) is 2.37. The lowest BCUT2D eigenvalue weighted by Gasteiger charge is -2.12. The second-order valence-electron chi connectivity index (χ2n) is 5.18. The summed E-state index contributed by atoms with van der Waals surface area (Å²) < 4.78 is 5.04. The van der Waals surface area contributed by atoms with Crippen LogP contribution in [0.25, 0.3) is 0 Å². The van der Waals surface area contributed by atoms with Gasteiger partial charge in [0.05, 0.1) is 6.26 Å². The molecule has 114 valence electrons. The van der Waals surface area contributed by atoms with Crippen LogP contribution in [0, 0.1) is 0 Å². The van der Waals surface area contributed by atoms with E-state index in [1.54, 1.807) is 36.4 Å². The van der Waals surface area contributed by atoms with Gasteiger partial charge in [-0.2, -0.15) is 0 Å². The van der Waals surface area contributed by atoms with Gasteiger partial charge in [0.1, 0.15) is 0 Å². The zero-order chi connectivity index (χ0) is 15.4. The molecule has 1 unspecified atom stereocenters. The number of carbonyl (C=O) groups excluding carboxylic acids is 2. The zero-order valence-corrected chi connectivity index (χ0v) is 12.0. The van der Waals surface area contributed by atoms with Crippen LogP contribution < -0.4 is 16.0 Å². The second kappa shape index (κ2) is 6.44. The summed E-state index contributed by atoms with van der Waals surface area (Å²) in [5, 5.41) is 8.88. The summed E-state index contributed by atoms with van der Waals surface area (Å²) >= 11 is 0. The molecular formula is C16H17N3O3. The van der Waals surface area contributed by atoms with Crippen LogP contribution in [-0.4, -0.2) is 30.9 Å². The van der Waals surface area contributed by atoms with E-state index in [1.807, 2.05) is 0 Å². The number of carbonyl (C=O) groups is 2. The molecule has 2 heterocycles. The quantitative estimate of drug-likeness (QED) is 0.801. The molecule has 3 rings (SSSR count). The first-order chi connectivity index (χ1) is 10.7. The molecule has 0 aliphatic carbocycles. The van der Waals surface area contributed by atoms with Crippen LogP contribution in [0.2, 0.25) is 0 Å². The van der Waals surface area contributed by atoms with Crippen LogP contribution >= 0.6 is 0 Å². The van der Waals surface area contributed by atoms with E-state index in [0.717, 1.165) is 19.5 Å². The fourth-order valence-electron chi connectivity index (χ4n) is 2.39. The van der Waals surface area contributed by atoms with Crippen molar-refractivity contribution in [1.82, 2.24) is 10.6 Å². The predicted octanol–water partition coefficient (Wildman–Crippen LogP) is 1.62. The van der Waals surface area contributed by atoms with E-state index < -0.39 is 0 Å². The number of nitrogens with one attached hydrogen (secondary N) is 3. The van der Waals surface area contributed by atoms with Crippen LogP contribution in [0.1, 0.15) is 27.3 Å². The SMILES string of the molecule is O=C(NC1CCNC1)c1cccc(NC(=O)c2ccco2)c1. The maximum absolute atomic E-state index is 12.2. The number of hydrogen-bond acceptors (Lipinski definition) is 4. The average Bonchev–Trinajstić information content (AvgIpc) is 3.21. The standard InChI is InChI=1S/C16H17N3O3/c20-15(19-13-6-7-17-10-13)11-3-1-4-12(9-11)18-16(21)14-5-2-8-22-14/h1-5,8-9,13,17H,6-7,10H2,(H,18,21)(H,19,20). The molecule has 0 bridgehead atoms. The minimum atomic E-state index is -0.345. The van der Waals surface area contributed by atoms with E-state index in [9.17, 15) is 9.59 Å².